The summed E-state index contributed by atoms with van der Waals surface area (Å²) in [5.41, 5.74) is 1.27. The fourth-order valence-electron chi connectivity index (χ4n) is 3.04. The van der Waals surface area contributed by atoms with Crippen LogP contribution in [0.5, 0.6) is 0 Å². The van der Waals surface area contributed by atoms with Crippen molar-refractivity contribution in [3.05, 3.63) is 24.3 Å². The van der Waals surface area contributed by atoms with Gasteiger partial charge in [-0.3, -0.25) is 0 Å². The predicted octanol–water partition coefficient (Wildman–Crippen LogP) is 5.19. The van der Waals surface area contributed by atoms with E-state index in [1.54, 1.807) is 0 Å². The smallest absolute Gasteiger partial charge is 0.00191 e. The van der Waals surface area contributed by atoms with Crippen LogP contribution >= 0.6 is 0 Å². The number of hydrogen-bond acceptors (Lipinski definition) is 1. The topological polar surface area (TPSA) is 3.24 Å². The lowest BCUT2D eigenvalue weighted by atomic mass is 9.87. The SMILES string of the molecule is C=C(/C=C\C)CCCCN(C)CCC1CCCCC1. The Labute approximate surface area is 120 Å². The molecule has 1 heteroatoms. The molecule has 1 fully saturated rings. The molecular weight excluding hydrogens is 230 g/mol. The maximum absolute atomic E-state index is 4.06. The quantitative estimate of drug-likeness (QED) is 0.409. The van der Waals surface area contributed by atoms with E-state index >= 15 is 0 Å². The van der Waals surface area contributed by atoms with E-state index in [0.29, 0.717) is 0 Å². The molecule has 0 heterocycles. The van der Waals surface area contributed by atoms with Crippen molar-refractivity contribution in [1.29, 1.82) is 0 Å². The molecule has 1 rings (SSSR count). The zero-order valence-corrected chi connectivity index (χ0v) is 13.2. The van der Waals surface area contributed by atoms with Crippen molar-refractivity contribution in [2.45, 2.75) is 64.7 Å². The summed E-state index contributed by atoms with van der Waals surface area (Å²) in [6.45, 7) is 8.66. The molecule has 1 saturated carbocycles. The Morgan fingerprint density at radius 2 is 1.89 bits per heavy atom. The Morgan fingerprint density at radius 1 is 1.16 bits per heavy atom. The summed E-state index contributed by atoms with van der Waals surface area (Å²) in [6, 6.07) is 0. The highest BCUT2D eigenvalue weighted by Gasteiger charge is 2.13. The van der Waals surface area contributed by atoms with Gasteiger partial charge in [-0.2, -0.15) is 0 Å². The number of allylic oxidation sites excluding steroid dienone is 3. The van der Waals surface area contributed by atoms with E-state index in [9.17, 15) is 0 Å². The molecule has 0 unspecified atom stereocenters. The fourth-order valence-corrected chi connectivity index (χ4v) is 3.04. The second-order valence-electron chi connectivity index (χ2n) is 6.21. The van der Waals surface area contributed by atoms with Crippen LogP contribution in [0.25, 0.3) is 0 Å². The van der Waals surface area contributed by atoms with Crippen molar-refractivity contribution in [2.24, 2.45) is 5.92 Å². The fraction of sp³-hybridized carbons (Fsp3) is 0.778. The molecule has 0 aromatic carbocycles. The average Bonchev–Trinajstić information content (AvgIpc) is 2.43. The van der Waals surface area contributed by atoms with Crippen LogP contribution in [-0.4, -0.2) is 25.0 Å². The van der Waals surface area contributed by atoms with Gasteiger partial charge in [0.15, 0.2) is 0 Å². The Morgan fingerprint density at radius 3 is 2.58 bits per heavy atom. The first-order chi connectivity index (χ1) is 9.22. The summed E-state index contributed by atoms with van der Waals surface area (Å²) < 4.78 is 0. The summed E-state index contributed by atoms with van der Waals surface area (Å²) in [6.07, 6.45) is 16.8. The van der Waals surface area contributed by atoms with E-state index < -0.39 is 0 Å². The minimum atomic E-state index is 1.02. The van der Waals surface area contributed by atoms with E-state index in [1.807, 2.05) is 0 Å². The molecule has 0 amide bonds. The van der Waals surface area contributed by atoms with Crippen LogP contribution in [0.3, 0.4) is 0 Å². The first-order valence-corrected chi connectivity index (χ1v) is 8.21. The van der Waals surface area contributed by atoms with Gasteiger partial charge in [-0.25, -0.2) is 0 Å². The molecule has 19 heavy (non-hydrogen) atoms. The molecule has 1 aliphatic rings. The molecule has 1 nitrogen and oxygen atoms in total. The normalized spacial score (nSPS) is 17.4. The molecule has 0 atom stereocenters. The Kier molecular flexibility index (Phi) is 8.90. The molecule has 0 bridgehead atoms. The summed E-state index contributed by atoms with van der Waals surface area (Å²) in [4.78, 5) is 2.52. The first kappa shape index (κ1) is 16.5. The van der Waals surface area contributed by atoms with Gasteiger partial charge in [-0.05, 0) is 58.7 Å². The van der Waals surface area contributed by atoms with Gasteiger partial charge in [0.2, 0.25) is 0 Å². The Bertz CT molecular complexity index is 261. The molecule has 110 valence electrons. The molecule has 0 N–H and O–H groups in total. The maximum atomic E-state index is 4.06. The van der Waals surface area contributed by atoms with E-state index in [1.165, 1.54) is 70.0 Å². The number of unbranched alkanes of at least 4 members (excludes halogenated alkanes) is 1. The Hall–Kier alpha value is -0.560. The molecule has 0 aromatic heterocycles. The lowest BCUT2D eigenvalue weighted by molar-refractivity contribution is 0.262. The highest BCUT2D eigenvalue weighted by Crippen LogP contribution is 2.26. The van der Waals surface area contributed by atoms with Gasteiger partial charge < -0.3 is 4.90 Å². The molecule has 0 aromatic rings. The second-order valence-corrected chi connectivity index (χ2v) is 6.21. The van der Waals surface area contributed by atoms with Gasteiger partial charge in [0.05, 0.1) is 0 Å². The van der Waals surface area contributed by atoms with E-state index in [2.05, 4.69) is 37.6 Å². The van der Waals surface area contributed by atoms with Crippen LogP contribution < -0.4 is 0 Å². The zero-order chi connectivity index (χ0) is 13.9. The molecule has 1 aliphatic carbocycles. The third-order valence-electron chi connectivity index (χ3n) is 4.33. The van der Waals surface area contributed by atoms with E-state index in [4.69, 9.17) is 0 Å². The van der Waals surface area contributed by atoms with E-state index in [-0.39, 0.29) is 0 Å². The maximum Gasteiger partial charge on any atom is -0.00191 e. The van der Waals surface area contributed by atoms with Crippen molar-refractivity contribution in [3.63, 3.8) is 0 Å². The van der Waals surface area contributed by atoms with Gasteiger partial charge in [-0.1, -0.05) is 56.4 Å². The van der Waals surface area contributed by atoms with Gasteiger partial charge in [0.1, 0.15) is 0 Å². The average molecular weight is 263 g/mol. The van der Waals surface area contributed by atoms with Gasteiger partial charge in [0.25, 0.3) is 0 Å². The molecule has 0 spiro atoms. The minimum absolute atomic E-state index is 1.02. The first-order valence-electron chi connectivity index (χ1n) is 8.21. The highest BCUT2D eigenvalue weighted by atomic mass is 15.1. The molecular formula is C18H33N. The summed E-state index contributed by atoms with van der Waals surface area (Å²) >= 11 is 0. The van der Waals surface area contributed by atoms with E-state index in [0.717, 1.165) is 12.3 Å². The van der Waals surface area contributed by atoms with Crippen molar-refractivity contribution >= 4 is 0 Å². The Balaban J connectivity index is 1.98. The third-order valence-corrected chi connectivity index (χ3v) is 4.33. The monoisotopic (exact) mass is 263 g/mol. The van der Waals surface area contributed by atoms with Crippen LogP contribution in [0, 0.1) is 5.92 Å². The van der Waals surface area contributed by atoms with Crippen LogP contribution in [-0.2, 0) is 0 Å². The van der Waals surface area contributed by atoms with Crippen molar-refractivity contribution in [3.8, 4) is 0 Å². The summed E-state index contributed by atoms with van der Waals surface area (Å²) in [5.74, 6) is 1.02. The molecule has 0 aliphatic heterocycles. The lowest BCUT2D eigenvalue weighted by Crippen LogP contribution is -2.23. The number of nitrogens with zero attached hydrogens (tertiary/aromatic N) is 1. The summed E-state index contributed by atoms with van der Waals surface area (Å²) in [7, 11) is 2.28. The lowest BCUT2D eigenvalue weighted by Gasteiger charge is -2.24. The second kappa shape index (κ2) is 10.3. The largest absolute Gasteiger partial charge is 0.306 e. The zero-order valence-electron chi connectivity index (χ0n) is 13.2. The summed E-state index contributed by atoms with van der Waals surface area (Å²) in [5, 5.41) is 0. The van der Waals surface area contributed by atoms with Gasteiger partial charge in [-0.15, -0.1) is 0 Å². The van der Waals surface area contributed by atoms with Crippen molar-refractivity contribution < 1.29 is 0 Å². The van der Waals surface area contributed by atoms with Crippen molar-refractivity contribution in [1.82, 2.24) is 4.90 Å². The standard InChI is InChI=1S/C18H33N/c1-4-10-17(2)11-8-9-15-19(3)16-14-18-12-6-5-7-13-18/h4,10,18H,2,5-9,11-16H2,1,3H3/b10-4-. The van der Waals surface area contributed by atoms with Crippen LogP contribution in [0.15, 0.2) is 24.3 Å². The number of hydrogen-bond donors (Lipinski definition) is 0. The van der Waals surface area contributed by atoms with Crippen LogP contribution in [0.1, 0.15) is 64.7 Å². The van der Waals surface area contributed by atoms with Gasteiger partial charge in [0, 0.05) is 0 Å². The molecule has 0 saturated heterocycles. The van der Waals surface area contributed by atoms with Crippen LogP contribution in [0.4, 0.5) is 0 Å². The van der Waals surface area contributed by atoms with Crippen LogP contribution in [0.2, 0.25) is 0 Å². The molecule has 0 radical (unpaired) electrons. The number of rotatable bonds is 9. The highest BCUT2D eigenvalue weighted by molar-refractivity contribution is 5.12. The van der Waals surface area contributed by atoms with Crippen molar-refractivity contribution in [2.75, 3.05) is 20.1 Å². The predicted molar refractivity (Wildman–Crippen MR) is 86.5 cm³/mol. The van der Waals surface area contributed by atoms with Gasteiger partial charge >= 0.3 is 0 Å². The third kappa shape index (κ3) is 8.26. The minimum Gasteiger partial charge on any atom is -0.306 e.